The van der Waals surface area contributed by atoms with Gasteiger partial charge in [-0.15, -0.1) is 0 Å². The van der Waals surface area contributed by atoms with Crippen molar-refractivity contribution < 1.29 is 14.6 Å². The summed E-state index contributed by atoms with van der Waals surface area (Å²) < 4.78 is 11.1. The van der Waals surface area contributed by atoms with Crippen LogP contribution in [-0.4, -0.2) is 49.7 Å². The number of aliphatic hydroxyl groups excluding tert-OH is 1. The van der Waals surface area contributed by atoms with E-state index in [0.29, 0.717) is 25.3 Å². The Morgan fingerprint density at radius 3 is 2.53 bits per heavy atom. The molecule has 1 heterocycles. The first-order valence-corrected chi connectivity index (χ1v) is 7.85. The summed E-state index contributed by atoms with van der Waals surface area (Å²) in [6, 6.07) is 0.499. The van der Waals surface area contributed by atoms with Crippen LogP contribution in [0.3, 0.4) is 0 Å². The fourth-order valence-corrected chi connectivity index (χ4v) is 2.91. The van der Waals surface area contributed by atoms with E-state index in [4.69, 9.17) is 9.47 Å². The zero-order valence-electron chi connectivity index (χ0n) is 12.1. The summed E-state index contributed by atoms with van der Waals surface area (Å²) in [5, 5.41) is 13.3. The highest BCUT2D eigenvalue weighted by atomic mass is 16.5. The molecule has 0 spiro atoms. The molecular weight excluding hydrogens is 242 g/mol. The molecule has 2 aliphatic rings. The van der Waals surface area contributed by atoms with Crippen molar-refractivity contribution in [3.05, 3.63) is 0 Å². The molecule has 4 nitrogen and oxygen atoms in total. The molecule has 1 atom stereocenters. The van der Waals surface area contributed by atoms with Crippen molar-refractivity contribution in [3.8, 4) is 0 Å². The molecule has 0 radical (unpaired) electrons. The van der Waals surface area contributed by atoms with Crippen LogP contribution in [0.2, 0.25) is 0 Å². The van der Waals surface area contributed by atoms with Crippen molar-refractivity contribution in [2.45, 2.75) is 63.7 Å². The van der Waals surface area contributed by atoms with Crippen LogP contribution in [0.1, 0.15) is 45.4 Å². The maximum Gasteiger partial charge on any atom is 0.0897 e. The van der Waals surface area contributed by atoms with Crippen molar-refractivity contribution in [1.29, 1.82) is 0 Å². The summed E-state index contributed by atoms with van der Waals surface area (Å²) in [6.07, 6.45) is 6.92. The van der Waals surface area contributed by atoms with Crippen LogP contribution in [-0.2, 0) is 9.47 Å². The first kappa shape index (κ1) is 15.2. The van der Waals surface area contributed by atoms with Gasteiger partial charge in [-0.25, -0.2) is 0 Å². The van der Waals surface area contributed by atoms with Crippen LogP contribution in [0, 0.1) is 5.92 Å². The predicted molar refractivity (Wildman–Crippen MR) is 75.2 cm³/mol. The fraction of sp³-hybridized carbons (Fsp3) is 1.00. The van der Waals surface area contributed by atoms with Crippen molar-refractivity contribution in [2.75, 3.05) is 26.4 Å². The van der Waals surface area contributed by atoms with E-state index in [9.17, 15) is 5.11 Å². The average Bonchev–Trinajstić information content (AvgIpc) is 2.45. The monoisotopic (exact) mass is 271 g/mol. The second-order valence-corrected chi connectivity index (χ2v) is 6.16. The van der Waals surface area contributed by atoms with Gasteiger partial charge in [0.2, 0.25) is 0 Å². The van der Waals surface area contributed by atoms with Crippen LogP contribution in [0.4, 0.5) is 0 Å². The smallest absolute Gasteiger partial charge is 0.0897 e. The van der Waals surface area contributed by atoms with Gasteiger partial charge >= 0.3 is 0 Å². The van der Waals surface area contributed by atoms with Crippen LogP contribution in [0.5, 0.6) is 0 Å². The second-order valence-electron chi connectivity index (χ2n) is 6.16. The Hall–Kier alpha value is -0.160. The van der Waals surface area contributed by atoms with Gasteiger partial charge < -0.3 is 19.9 Å². The maximum atomic E-state index is 9.94. The number of ether oxygens (including phenoxy) is 2. The average molecular weight is 271 g/mol. The largest absolute Gasteiger partial charge is 0.389 e. The Bertz CT molecular complexity index is 236. The maximum absolute atomic E-state index is 9.94. The van der Waals surface area contributed by atoms with Crippen molar-refractivity contribution in [3.63, 3.8) is 0 Å². The lowest BCUT2D eigenvalue weighted by molar-refractivity contribution is -0.0295. The highest BCUT2D eigenvalue weighted by Gasteiger charge is 2.20. The lowest BCUT2D eigenvalue weighted by Crippen LogP contribution is -2.41. The van der Waals surface area contributed by atoms with E-state index in [0.717, 1.165) is 44.8 Å². The van der Waals surface area contributed by atoms with Gasteiger partial charge in [0.05, 0.1) is 18.8 Å². The third-order valence-corrected chi connectivity index (χ3v) is 4.35. The Kier molecular flexibility index (Phi) is 6.57. The van der Waals surface area contributed by atoms with Gasteiger partial charge in [-0.3, -0.25) is 0 Å². The normalized spacial score (nSPS) is 31.3. The van der Waals surface area contributed by atoms with Crippen molar-refractivity contribution in [1.82, 2.24) is 5.32 Å². The summed E-state index contributed by atoms with van der Waals surface area (Å²) in [5.74, 6) is 0.847. The molecule has 1 aliphatic heterocycles. The molecule has 0 aromatic heterocycles. The molecule has 0 amide bonds. The van der Waals surface area contributed by atoms with Gasteiger partial charge in [0.15, 0.2) is 0 Å². The second kappa shape index (κ2) is 8.20. The van der Waals surface area contributed by atoms with Gasteiger partial charge in [0.25, 0.3) is 0 Å². The molecule has 1 saturated heterocycles. The zero-order valence-corrected chi connectivity index (χ0v) is 12.1. The van der Waals surface area contributed by atoms with Crippen LogP contribution in [0.25, 0.3) is 0 Å². The molecule has 1 unspecified atom stereocenters. The highest BCUT2D eigenvalue weighted by molar-refractivity contribution is 4.73. The van der Waals surface area contributed by atoms with E-state index in [2.05, 4.69) is 12.2 Å². The Labute approximate surface area is 116 Å². The number of hydrogen-bond acceptors (Lipinski definition) is 4. The van der Waals surface area contributed by atoms with Crippen LogP contribution < -0.4 is 5.32 Å². The minimum atomic E-state index is -0.387. The topological polar surface area (TPSA) is 50.7 Å². The minimum absolute atomic E-state index is 0.369. The van der Waals surface area contributed by atoms with Crippen molar-refractivity contribution >= 4 is 0 Å². The first-order chi connectivity index (χ1) is 9.24. The number of aliphatic hydroxyl groups is 1. The van der Waals surface area contributed by atoms with Gasteiger partial charge in [0, 0.05) is 25.8 Å². The molecule has 2 fully saturated rings. The summed E-state index contributed by atoms with van der Waals surface area (Å²) in [6.45, 7) is 5.08. The molecule has 2 N–H and O–H groups in total. The quantitative estimate of drug-likeness (QED) is 0.772. The van der Waals surface area contributed by atoms with Gasteiger partial charge in [-0.1, -0.05) is 6.92 Å². The molecule has 0 aromatic carbocycles. The minimum Gasteiger partial charge on any atom is -0.389 e. The van der Waals surface area contributed by atoms with Gasteiger partial charge in [0.1, 0.15) is 0 Å². The van der Waals surface area contributed by atoms with E-state index in [1.54, 1.807) is 0 Å². The molecule has 2 rings (SSSR count). The lowest BCUT2D eigenvalue weighted by atomic mass is 9.89. The third kappa shape index (κ3) is 5.78. The lowest BCUT2D eigenvalue weighted by Gasteiger charge is -2.28. The zero-order chi connectivity index (χ0) is 13.5. The van der Waals surface area contributed by atoms with Crippen LogP contribution in [0.15, 0.2) is 0 Å². The molecule has 1 saturated carbocycles. The summed E-state index contributed by atoms with van der Waals surface area (Å²) in [7, 11) is 0. The van der Waals surface area contributed by atoms with Crippen LogP contribution >= 0.6 is 0 Å². The van der Waals surface area contributed by atoms with Gasteiger partial charge in [-0.05, 0) is 44.4 Å². The molecular formula is C15H29NO3. The van der Waals surface area contributed by atoms with E-state index in [1.165, 1.54) is 12.8 Å². The summed E-state index contributed by atoms with van der Waals surface area (Å²) in [5.41, 5.74) is 0. The SMILES string of the molecule is CC1CCC(OCC(O)CNC2CCOCC2)CC1. The molecule has 4 heteroatoms. The van der Waals surface area contributed by atoms with Crippen molar-refractivity contribution in [2.24, 2.45) is 5.92 Å². The standard InChI is InChI=1S/C15H29NO3/c1-12-2-4-15(5-3-12)19-11-14(17)10-16-13-6-8-18-9-7-13/h12-17H,2-11H2,1H3. The molecule has 1 aliphatic carbocycles. The van der Waals surface area contributed by atoms with E-state index < -0.39 is 0 Å². The number of hydrogen-bond donors (Lipinski definition) is 2. The van der Waals surface area contributed by atoms with E-state index >= 15 is 0 Å². The Morgan fingerprint density at radius 2 is 1.84 bits per heavy atom. The Morgan fingerprint density at radius 1 is 1.16 bits per heavy atom. The van der Waals surface area contributed by atoms with E-state index in [-0.39, 0.29) is 6.10 Å². The summed E-state index contributed by atoms with van der Waals surface area (Å²) >= 11 is 0. The summed E-state index contributed by atoms with van der Waals surface area (Å²) in [4.78, 5) is 0. The first-order valence-electron chi connectivity index (χ1n) is 7.85. The fourth-order valence-electron chi connectivity index (χ4n) is 2.91. The van der Waals surface area contributed by atoms with E-state index in [1.807, 2.05) is 0 Å². The highest BCUT2D eigenvalue weighted by Crippen LogP contribution is 2.25. The molecule has 19 heavy (non-hydrogen) atoms. The predicted octanol–water partition coefficient (Wildman–Crippen LogP) is 1.71. The Balaban J connectivity index is 1.52. The number of rotatable bonds is 6. The van der Waals surface area contributed by atoms with Gasteiger partial charge in [-0.2, -0.15) is 0 Å². The number of nitrogens with one attached hydrogen (secondary N) is 1. The molecule has 0 aromatic rings. The third-order valence-electron chi connectivity index (χ3n) is 4.35. The molecule has 0 bridgehead atoms. The molecule has 112 valence electrons.